The number of carbonyl (C=O) groups excluding carboxylic acids is 2. The highest BCUT2D eigenvalue weighted by Gasteiger charge is 2.44. The first-order chi connectivity index (χ1) is 12.2. The van der Waals surface area contributed by atoms with Crippen molar-refractivity contribution in [2.45, 2.75) is 50.2 Å². The first-order valence-corrected chi connectivity index (χ1v) is 9.05. The van der Waals surface area contributed by atoms with Crippen LogP contribution in [0.4, 0.5) is 0 Å². The fourth-order valence-electron chi connectivity index (χ4n) is 3.61. The van der Waals surface area contributed by atoms with Crippen molar-refractivity contribution in [2.75, 3.05) is 13.1 Å². The summed E-state index contributed by atoms with van der Waals surface area (Å²) in [6.07, 6.45) is 5.25. The van der Waals surface area contributed by atoms with Crippen LogP contribution in [0.5, 0.6) is 0 Å². The van der Waals surface area contributed by atoms with E-state index in [1.54, 1.807) is 0 Å². The predicted molar refractivity (Wildman–Crippen MR) is 93.2 cm³/mol. The maximum atomic E-state index is 12.5. The van der Waals surface area contributed by atoms with Gasteiger partial charge in [-0.3, -0.25) is 9.59 Å². The zero-order valence-corrected chi connectivity index (χ0v) is 14.2. The Bertz CT molecular complexity index is 689. The molecular formula is C19H23N3O3. The van der Waals surface area contributed by atoms with Gasteiger partial charge in [0, 0.05) is 44.0 Å². The lowest BCUT2D eigenvalue weighted by molar-refractivity contribution is -0.116. The first-order valence-electron chi connectivity index (χ1n) is 9.05. The van der Waals surface area contributed by atoms with Gasteiger partial charge < -0.3 is 15.1 Å². The molecule has 1 spiro atoms. The molecule has 1 saturated heterocycles. The Morgan fingerprint density at radius 3 is 2.52 bits per heavy atom. The maximum absolute atomic E-state index is 12.5. The van der Waals surface area contributed by atoms with Crippen molar-refractivity contribution in [3.05, 3.63) is 35.9 Å². The number of hydrogen-bond acceptors (Lipinski definition) is 4. The third-order valence-electron chi connectivity index (χ3n) is 5.52. The molecule has 6 heteroatoms. The summed E-state index contributed by atoms with van der Waals surface area (Å²) in [6.45, 7) is 1.25. The van der Waals surface area contributed by atoms with Crippen LogP contribution in [-0.2, 0) is 9.63 Å². The smallest absolute Gasteiger partial charge is 0.269 e. The highest BCUT2D eigenvalue weighted by molar-refractivity contribution is 6.39. The molecule has 4 rings (SSSR count). The van der Waals surface area contributed by atoms with Gasteiger partial charge in [-0.1, -0.05) is 23.4 Å². The molecule has 0 unspecified atom stereocenters. The van der Waals surface area contributed by atoms with Gasteiger partial charge in [0.15, 0.2) is 0 Å². The minimum atomic E-state index is -0.417. The summed E-state index contributed by atoms with van der Waals surface area (Å²) in [5, 5.41) is 7.07. The van der Waals surface area contributed by atoms with Crippen molar-refractivity contribution in [1.82, 2.24) is 10.2 Å². The monoisotopic (exact) mass is 341 g/mol. The Morgan fingerprint density at radius 1 is 1.16 bits per heavy atom. The Labute approximate surface area is 147 Å². The van der Waals surface area contributed by atoms with Gasteiger partial charge in [0.25, 0.3) is 11.8 Å². The lowest BCUT2D eigenvalue weighted by Gasteiger charge is -2.37. The Hall–Kier alpha value is -2.37. The summed E-state index contributed by atoms with van der Waals surface area (Å²) in [6, 6.07) is 9.63. The molecule has 1 saturated carbocycles. The van der Waals surface area contributed by atoms with E-state index in [1.807, 2.05) is 35.2 Å². The molecule has 0 atom stereocenters. The van der Waals surface area contributed by atoms with Gasteiger partial charge in [0.05, 0.1) is 0 Å². The van der Waals surface area contributed by atoms with Gasteiger partial charge in [-0.05, 0) is 31.4 Å². The average Bonchev–Trinajstić information content (AvgIpc) is 3.03. The molecule has 25 heavy (non-hydrogen) atoms. The van der Waals surface area contributed by atoms with Crippen LogP contribution >= 0.6 is 0 Å². The van der Waals surface area contributed by atoms with E-state index in [0.717, 1.165) is 12.8 Å². The van der Waals surface area contributed by atoms with Crippen LogP contribution < -0.4 is 5.32 Å². The molecule has 2 amide bonds. The molecule has 2 heterocycles. The molecule has 3 aliphatic rings. The zero-order valence-electron chi connectivity index (χ0n) is 14.2. The van der Waals surface area contributed by atoms with Crippen LogP contribution in [0.3, 0.4) is 0 Å². The van der Waals surface area contributed by atoms with Crippen LogP contribution in [0.25, 0.3) is 0 Å². The highest BCUT2D eigenvalue weighted by Crippen LogP contribution is 2.35. The molecule has 1 N–H and O–H groups in total. The topological polar surface area (TPSA) is 71.0 Å². The predicted octanol–water partition coefficient (Wildman–Crippen LogP) is 2.11. The minimum Gasteiger partial charge on any atom is -0.388 e. The van der Waals surface area contributed by atoms with Crippen LogP contribution in [0.1, 0.15) is 48.9 Å². The van der Waals surface area contributed by atoms with Crippen molar-refractivity contribution in [1.29, 1.82) is 0 Å². The molecule has 6 nitrogen and oxygen atoms in total. The van der Waals surface area contributed by atoms with Crippen LogP contribution in [0.2, 0.25) is 0 Å². The fourth-order valence-corrected chi connectivity index (χ4v) is 3.61. The number of nitrogens with zero attached hydrogens (tertiary/aromatic N) is 2. The molecule has 1 aromatic rings. The normalized spacial score (nSPS) is 22.1. The number of carbonyl (C=O) groups is 2. The fraction of sp³-hybridized carbons (Fsp3) is 0.526. The zero-order chi connectivity index (χ0) is 17.3. The third-order valence-corrected chi connectivity index (χ3v) is 5.52. The molecule has 2 fully saturated rings. The minimum absolute atomic E-state index is 0.0531. The van der Waals surface area contributed by atoms with E-state index in [4.69, 9.17) is 4.84 Å². The van der Waals surface area contributed by atoms with Gasteiger partial charge >= 0.3 is 0 Å². The molecular weight excluding hydrogens is 318 g/mol. The molecule has 0 radical (unpaired) electrons. The number of piperidine rings is 1. The number of likely N-dealkylation sites (tertiary alicyclic amines) is 1. The SMILES string of the molecule is O=C(NC1CCC1)C1=NOC2(CCN(C(=O)c3ccccc3)CC2)C1. The first kappa shape index (κ1) is 16.1. The van der Waals surface area contributed by atoms with E-state index >= 15 is 0 Å². The second-order valence-corrected chi connectivity index (χ2v) is 7.25. The van der Waals surface area contributed by atoms with E-state index in [0.29, 0.717) is 49.7 Å². The van der Waals surface area contributed by atoms with Gasteiger partial charge in [0.2, 0.25) is 0 Å². The van der Waals surface area contributed by atoms with Crippen molar-refractivity contribution in [2.24, 2.45) is 5.16 Å². The van der Waals surface area contributed by atoms with Crippen LogP contribution in [-0.4, -0.2) is 47.2 Å². The molecule has 1 aromatic carbocycles. The van der Waals surface area contributed by atoms with Gasteiger partial charge in [0.1, 0.15) is 11.3 Å². The Balaban J connectivity index is 1.31. The lowest BCUT2D eigenvalue weighted by Crippen LogP contribution is -2.48. The number of rotatable bonds is 3. The number of nitrogens with one attached hydrogen (secondary N) is 1. The summed E-state index contributed by atoms with van der Waals surface area (Å²) in [5.74, 6) is -0.0401. The van der Waals surface area contributed by atoms with Crippen molar-refractivity contribution in [3.63, 3.8) is 0 Å². The number of oxime groups is 1. The average molecular weight is 341 g/mol. The maximum Gasteiger partial charge on any atom is 0.269 e. The van der Waals surface area contributed by atoms with Crippen LogP contribution in [0.15, 0.2) is 35.5 Å². The second-order valence-electron chi connectivity index (χ2n) is 7.25. The quantitative estimate of drug-likeness (QED) is 0.915. The molecule has 1 aliphatic carbocycles. The number of amides is 2. The van der Waals surface area contributed by atoms with Crippen molar-refractivity contribution in [3.8, 4) is 0 Å². The second kappa shape index (κ2) is 6.50. The summed E-state index contributed by atoms with van der Waals surface area (Å²) in [7, 11) is 0. The third kappa shape index (κ3) is 3.25. The summed E-state index contributed by atoms with van der Waals surface area (Å²) in [4.78, 5) is 32.3. The Kier molecular flexibility index (Phi) is 4.19. The lowest BCUT2D eigenvalue weighted by atomic mass is 9.86. The van der Waals surface area contributed by atoms with Crippen molar-refractivity contribution >= 4 is 17.5 Å². The standard InChI is InChI=1S/C19H23N3O3/c23-17(20-15-7-4-8-15)16-13-19(25-21-16)9-11-22(12-10-19)18(24)14-5-2-1-3-6-14/h1-3,5-6,15H,4,7-13H2,(H,20,23). The van der Waals surface area contributed by atoms with Crippen LogP contribution in [0, 0.1) is 0 Å². The van der Waals surface area contributed by atoms with E-state index in [1.165, 1.54) is 6.42 Å². The van der Waals surface area contributed by atoms with Crippen molar-refractivity contribution < 1.29 is 14.4 Å². The molecule has 0 bridgehead atoms. The summed E-state index contributed by atoms with van der Waals surface area (Å²) < 4.78 is 0. The van der Waals surface area contributed by atoms with Gasteiger partial charge in [-0.25, -0.2) is 0 Å². The number of hydrogen-bond donors (Lipinski definition) is 1. The largest absolute Gasteiger partial charge is 0.388 e. The summed E-state index contributed by atoms with van der Waals surface area (Å²) in [5.41, 5.74) is 0.789. The molecule has 2 aliphatic heterocycles. The Morgan fingerprint density at radius 2 is 1.88 bits per heavy atom. The van der Waals surface area contributed by atoms with Gasteiger partial charge in [-0.2, -0.15) is 0 Å². The highest BCUT2D eigenvalue weighted by atomic mass is 16.7. The summed E-state index contributed by atoms with van der Waals surface area (Å²) >= 11 is 0. The van der Waals surface area contributed by atoms with E-state index in [9.17, 15) is 9.59 Å². The van der Waals surface area contributed by atoms with E-state index < -0.39 is 5.60 Å². The molecule has 132 valence electrons. The van der Waals surface area contributed by atoms with Gasteiger partial charge in [-0.15, -0.1) is 0 Å². The van der Waals surface area contributed by atoms with E-state index in [2.05, 4.69) is 10.5 Å². The van der Waals surface area contributed by atoms with E-state index in [-0.39, 0.29) is 11.8 Å². The number of benzene rings is 1. The molecule has 0 aromatic heterocycles.